The zero-order chi connectivity index (χ0) is 17.3. The van der Waals surface area contributed by atoms with E-state index in [1.807, 2.05) is 24.3 Å². The Morgan fingerprint density at radius 2 is 1.92 bits per heavy atom. The summed E-state index contributed by atoms with van der Waals surface area (Å²) in [5.41, 5.74) is 8.48. The molecule has 0 spiro atoms. The lowest BCUT2D eigenvalue weighted by Gasteiger charge is -2.14. The largest absolute Gasteiger partial charge is 0.456 e. The summed E-state index contributed by atoms with van der Waals surface area (Å²) in [6, 6.07) is 13.1. The van der Waals surface area contributed by atoms with Crippen molar-refractivity contribution in [1.29, 1.82) is 0 Å². The van der Waals surface area contributed by atoms with Crippen LogP contribution in [0.2, 0.25) is 5.02 Å². The monoisotopic (exact) mass is 358 g/mol. The summed E-state index contributed by atoms with van der Waals surface area (Å²) in [5, 5.41) is 3.58. The van der Waals surface area contributed by atoms with E-state index in [1.54, 1.807) is 29.5 Å². The van der Waals surface area contributed by atoms with Gasteiger partial charge in [-0.15, -0.1) is 11.3 Å². The van der Waals surface area contributed by atoms with Crippen LogP contribution in [-0.4, -0.2) is 4.98 Å². The maximum Gasteiger partial charge on any atom is 0.146 e. The molecule has 3 aromatic rings. The number of benzene rings is 2. The smallest absolute Gasteiger partial charge is 0.146 e. The molecule has 1 aromatic heterocycles. The second-order valence-electron chi connectivity index (χ2n) is 6.61. The summed E-state index contributed by atoms with van der Waals surface area (Å²) in [7, 11) is 0. The van der Waals surface area contributed by atoms with Crippen LogP contribution in [0.15, 0.2) is 47.8 Å². The van der Waals surface area contributed by atoms with E-state index >= 15 is 0 Å². The highest BCUT2D eigenvalue weighted by Crippen LogP contribution is 2.34. The second-order valence-corrected chi connectivity index (χ2v) is 7.87. The first kappa shape index (κ1) is 16.8. The Hall–Kier alpha value is -2.04. The Morgan fingerprint density at radius 3 is 2.58 bits per heavy atom. The van der Waals surface area contributed by atoms with Gasteiger partial charge in [0, 0.05) is 22.0 Å². The van der Waals surface area contributed by atoms with Crippen molar-refractivity contribution in [1.82, 2.24) is 4.98 Å². The van der Waals surface area contributed by atoms with E-state index < -0.39 is 0 Å². The predicted molar refractivity (Wildman–Crippen MR) is 102 cm³/mol. The lowest BCUT2D eigenvalue weighted by atomic mass is 9.93. The Labute approximate surface area is 151 Å². The van der Waals surface area contributed by atoms with E-state index in [4.69, 9.17) is 27.1 Å². The second kappa shape index (κ2) is 6.46. The van der Waals surface area contributed by atoms with E-state index in [1.165, 1.54) is 0 Å². The summed E-state index contributed by atoms with van der Waals surface area (Å²) in [4.78, 5) is 4.75. The fourth-order valence-corrected chi connectivity index (χ4v) is 3.44. The molecular weight excluding hydrogens is 340 g/mol. The number of halogens is 1. The van der Waals surface area contributed by atoms with Crippen molar-refractivity contribution in [2.24, 2.45) is 0 Å². The quantitative estimate of drug-likeness (QED) is 0.572. The third-order valence-electron chi connectivity index (χ3n) is 3.54. The molecule has 1 heterocycles. The molecule has 3 rings (SSSR count). The molecule has 0 radical (unpaired) electrons. The van der Waals surface area contributed by atoms with Crippen LogP contribution in [0.3, 0.4) is 0 Å². The van der Waals surface area contributed by atoms with E-state index in [-0.39, 0.29) is 5.41 Å². The van der Waals surface area contributed by atoms with E-state index in [2.05, 4.69) is 26.2 Å². The van der Waals surface area contributed by atoms with E-state index in [0.29, 0.717) is 22.2 Å². The molecule has 3 nitrogen and oxygen atoms in total. The van der Waals surface area contributed by atoms with Gasteiger partial charge in [-0.3, -0.25) is 0 Å². The number of aromatic nitrogens is 1. The highest BCUT2D eigenvalue weighted by molar-refractivity contribution is 7.13. The Balaban J connectivity index is 1.88. The number of rotatable bonds is 3. The van der Waals surface area contributed by atoms with Gasteiger partial charge in [-0.1, -0.05) is 44.5 Å². The molecule has 0 amide bonds. The Bertz CT molecular complexity index is 868. The number of nitrogens with two attached hydrogens (primary N) is 1. The molecule has 24 heavy (non-hydrogen) atoms. The average molecular weight is 359 g/mol. The van der Waals surface area contributed by atoms with Gasteiger partial charge < -0.3 is 10.5 Å². The fraction of sp³-hybridized carbons (Fsp3) is 0.211. The molecule has 0 saturated heterocycles. The van der Waals surface area contributed by atoms with E-state index in [9.17, 15) is 0 Å². The minimum absolute atomic E-state index is 0.0420. The zero-order valence-corrected chi connectivity index (χ0v) is 15.4. The summed E-state index contributed by atoms with van der Waals surface area (Å²) in [6.45, 7) is 6.48. The van der Waals surface area contributed by atoms with Crippen LogP contribution in [-0.2, 0) is 5.41 Å². The molecule has 2 N–H and O–H groups in total. The molecule has 0 aliphatic rings. The van der Waals surface area contributed by atoms with Gasteiger partial charge in [-0.2, -0.15) is 0 Å². The maximum atomic E-state index is 6.17. The number of hydrogen-bond donors (Lipinski definition) is 1. The average Bonchev–Trinajstić information content (AvgIpc) is 3.01. The highest BCUT2D eigenvalue weighted by Gasteiger charge is 2.18. The van der Waals surface area contributed by atoms with Gasteiger partial charge in [0.1, 0.15) is 16.5 Å². The third-order valence-corrected chi connectivity index (χ3v) is 4.72. The molecule has 0 unspecified atom stereocenters. The zero-order valence-electron chi connectivity index (χ0n) is 13.8. The van der Waals surface area contributed by atoms with Crippen LogP contribution < -0.4 is 10.5 Å². The normalized spacial score (nSPS) is 11.5. The summed E-state index contributed by atoms with van der Waals surface area (Å²) in [6.07, 6.45) is 0. The minimum Gasteiger partial charge on any atom is -0.456 e. The topological polar surface area (TPSA) is 48.1 Å². The van der Waals surface area contributed by atoms with Gasteiger partial charge in [-0.25, -0.2) is 4.98 Å². The molecule has 0 fully saturated rings. The standard InChI is InChI=1S/C19H19ClN2OS/c1-19(2,3)17-11-24-18(22-17)12-5-4-6-14(9-12)23-16-8-7-13(21)10-15(16)20/h4-11H,21H2,1-3H3. The molecule has 0 aliphatic heterocycles. The van der Waals surface area contributed by atoms with Gasteiger partial charge in [0.25, 0.3) is 0 Å². The fourth-order valence-electron chi connectivity index (χ4n) is 2.17. The van der Waals surface area contributed by atoms with Crippen LogP contribution in [0.4, 0.5) is 5.69 Å². The molecule has 0 saturated carbocycles. The molecule has 0 atom stereocenters. The lowest BCUT2D eigenvalue weighted by Crippen LogP contribution is -2.11. The van der Waals surface area contributed by atoms with Gasteiger partial charge in [-0.05, 0) is 30.3 Å². The molecule has 124 valence electrons. The van der Waals surface area contributed by atoms with Crippen LogP contribution in [0.25, 0.3) is 10.6 Å². The van der Waals surface area contributed by atoms with Crippen molar-refractivity contribution in [3.8, 4) is 22.1 Å². The molecule has 0 bridgehead atoms. The Morgan fingerprint density at radius 1 is 1.12 bits per heavy atom. The SMILES string of the molecule is CC(C)(C)c1csc(-c2cccc(Oc3ccc(N)cc3Cl)c2)n1. The van der Waals surface area contributed by atoms with Crippen molar-refractivity contribution in [2.75, 3.05) is 5.73 Å². The summed E-state index contributed by atoms with van der Waals surface area (Å²) >= 11 is 7.81. The number of ether oxygens (including phenoxy) is 1. The first-order chi connectivity index (χ1) is 11.3. The molecule has 2 aromatic carbocycles. The van der Waals surface area contributed by atoms with Gasteiger partial charge in [0.2, 0.25) is 0 Å². The number of hydrogen-bond acceptors (Lipinski definition) is 4. The predicted octanol–water partition coefficient (Wildman–Crippen LogP) is 6.14. The van der Waals surface area contributed by atoms with Crippen molar-refractivity contribution < 1.29 is 4.74 Å². The van der Waals surface area contributed by atoms with E-state index in [0.717, 1.165) is 16.3 Å². The van der Waals surface area contributed by atoms with Crippen molar-refractivity contribution in [2.45, 2.75) is 26.2 Å². The molecular formula is C19H19ClN2OS. The highest BCUT2D eigenvalue weighted by atomic mass is 35.5. The number of thiazole rings is 1. The van der Waals surface area contributed by atoms with Gasteiger partial charge >= 0.3 is 0 Å². The van der Waals surface area contributed by atoms with Crippen LogP contribution >= 0.6 is 22.9 Å². The lowest BCUT2D eigenvalue weighted by molar-refractivity contribution is 0.483. The van der Waals surface area contributed by atoms with Gasteiger partial charge in [0.05, 0.1) is 10.7 Å². The minimum atomic E-state index is 0.0420. The van der Waals surface area contributed by atoms with Crippen LogP contribution in [0.5, 0.6) is 11.5 Å². The first-order valence-corrected chi connectivity index (χ1v) is 8.88. The van der Waals surface area contributed by atoms with Gasteiger partial charge in [0.15, 0.2) is 0 Å². The van der Waals surface area contributed by atoms with Crippen molar-refractivity contribution in [3.63, 3.8) is 0 Å². The Kier molecular flexibility index (Phi) is 4.52. The summed E-state index contributed by atoms with van der Waals surface area (Å²) < 4.78 is 5.89. The molecule has 5 heteroatoms. The number of anilines is 1. The first-order valence-electron chi connectivity index (χ1n) is 7.62. The van der Waals surface area contributed by atoms with Crippen LogP contribution in [0, 0.1) is 0 Å². The number of nitrogens with zero attached hydrogens (tertiary/aromatic N) is 1. The van der Waals surface area contributed by atoms with Crippen molar-refractivity contribution in [3.05, 3.63) is 58.6 Å². The van der Waals surface area contributed by atoms with Crippen molar-refractivity contribution >= 4 is 28.6 Å². The molecule has 0 aliphatic carbocycles. The summed E-state index contributed by atoms with van der Waals surface area (Å²) in [5.74, 6) is 1.30. The number of nitrogen functional groups attached to an aromatic ring is 1. The maximum absolute atomic E-state index is 6.17. The van der Waals surface area contributed by atoms with Crippen LogP contribution in [0.1, 0.15) is 26.5 Å². The third kappa shape index (κ3) is 3.71.